The average Bonchev–Trinajstić information content (AvgIpc) is 3.38. The molecule has 2 N–H and O–H groups in total. The van der Waals surface area contributed by atoms with Gasteiger partial charge in [-0.1, -0.05) is 26.7 Å². The molecule has 2 heterocycles. The second kappa shape index (κ2) is 11.2. The number of likely N-dealkylation sites (tertiary alicyclic amines) is 2. The molecule has 0 aromatic heterocycles. The fourth-order valence-electron chi connectivity index (χ4n) is 5.23. The fraction of sp³-hybridized carbons (Fsp3) is 0.913. The quantitative estimate of drug-likeness (QED) is 0.505. The smallest absolute Gasteiger partial charge is 0.225 e. The van der Waals surface area contributed by atoms with Gasteiger partial charge in [-0.2, -0.15) is 0 Å². The first kappa shape index (κ1) is 22.4. The number of hydrogen-bond donors (Lipinski definition) is 2. The van der Waals surface area contributed by atoms with Crippen LogP contribution in [0.25, 0.3) is 0 Å². The van der Waals surface area contributed by atoms with Crippen molar-refractivity contribution in [3.63, 3.8) is 0 Å². The Bertz CT molecular complexity index is 543. The number of carbonyl (C=O) groups is 1. The Morgan fingerprint density at radius 3 is 2.59 bits per heavy atom. The summed E-state index contributed by atoms with van der Waals surface area (Å²) >= 11 is 0. The van der Waals surface area contributed by atoms with Gasteiger partial charge in [-0.05, 0) is 57.4 Å². The molecule has 29 heavy (non-hydrogen) atoms. The molecular formula is C23H43N5O. The van der Waals surface area contributed by atoms with Crippen LogP contribution in [-0.2, 0) is 4.79 Å². The molecule has 1 aliphatic carbocycles. The summed E-state index contributed by atoms with van der Waals surface area (Å²) in [6.07, 6.45) is 8.22. The summed E-state index contributed by atoms with van der Waals surface area (Å²) in [6.45, 7) is 13.8. The van der Waals surface area contributed by atoms with Crippen molar-refractivity contribution in [3.05, 3.63) is 0 Å². The predicted octanol–water partition coefficient (Wildman–Crippen LogP) is 2.70. The number of amides is 1. The monoisotopic (exact) mass is 405 g/mol. The number of aliphatic imine (C=N–C) groups is 1. The molecule has 6 nitrogen and oxygen atoms in total. The van der Waals surface area contributed by atoms with Crippen molar-refractivity contribution in [2.75, 3.05) is 45.8 Å². The van der Waals surface area contributed by atoms with Crippen LogP contribution in [0.3, 0.4) is 0 Å². The van der Waals surface area contributed by atoms with Gasteiger partial charge in [0.05, 0.1) is 0 Å². The zero-order valence-electron chi connectivity index (χ0n) is 19.0. The van der Waals surface area contributed by atoms with E-state index in [1.807, 2.05) is 0 Å². The summed E-state index contributed by atoms with van der Waals surface area (Å²) in [5, 5.41) is 7.02. The first-order valence-corrected chi connectivity index (χ1v) is 12.1. The summed E-state index contributed by atoms with van der Waals surface area (Å²) in [5.74, 6) is 2.99. The third kappa shape index (κ3) is 6.87. The first-order valence-electron chi connectivity index (χ1n) is 12.1. The third-order valence-corrected chi connectivity index (χ3v) is 6.62. The van der Waals surface area contributed by atoms with E-state index < -0.39 is 0 Å². The van der Waals surface area contributed by atoms with Gasteiger partial charge in [-0.25, -0.2) is 0 Å². The Morgan fingerprint density at radius 2 is 1.86 bits per heavy atom. The lowest BCUT2D eigenvalue weighted by atomic mass is 9.97. The van der Waals surface area contributed by atoms with E-state index in [-0.39, 0.29) is 5.92 Å². The molecule has 166 valence electrons. The van der Waals surface area contributed by atoms with Crippen molar-refractivity contribution in [3.8, 4) is 0 Å². The third-order valence-electron chi connectivity index (χ3n) is 6.62. The molecule has 3 aliphatic rings. The van der Waals surface area contributed by atoms with Gasteiger partial charge in [-0.3, -0.25) is 9.79 Å². The van der Waals surface area contributed by atoms with Gasteiger partial charge >= 0.3 is 0 Å². The summed E-state index contributed by atoms with van der Waals surface area (Å²) in [6, 6.07) is 0.321. The van der Waals surface area contributed by atoms with Crippen LogP contribution >= 0.6 is 0 Å². The lowest BCUT2D eigenvalue weighted by molar-refractivity contribution is -0.134. The molecule has 0 bridgehead atoms. The maximum absolute atomic E-state index is 12.7. The topological polar surface area (TPSA) is 60.0 Å². The van der Waals surface area contributed by atoms with Gasteiger partial charge in [0.1, 0.15) is 0 Å². The van der Waals surface area contributed by atoms with Crippen LogP contribution in [0.2, 0.25) is 0 Å². The summed E-state index contributed by atoms with van der Waals surface area (Å²) in [7, 11) is 0. The number of nitrogens with one attached hydrogen (secondary N) is 2. The van der Waals surface area contributed by atoms with Gasteiger partial charge in [0.15, 0.2) is 5.96 Å². The van der Waals surface area contributed by atoms with E-state index >= 15 is 0 Å². The zero-order valence-corrected chi connectivity index (χ0v) is 19.0. The molecule has 0 aromatic rings. The SMILES string of the molecule is CCNC(=NCC1CCCN(CC(C)C)C1)NC1CCN(C(=O)C2CCCC2)C1. The highest BCUT2D eigenvalue weighted by Crippen LogP contribution is 2.27. The van der Waals surface area contributed by atoms with Crippen molar-refractivity contribution in [1.82, 2.24) is 20.4 Å². The number of piperidine rings is 1. The minimum absolute atomic E-state index is 0.288. The average molecular weight is 406 g/mol. The molecule has 2 aliphatic heterocycles. The fourth-order valence-corrected chi connectivity index (χ4v) is 5.23. The minimum Gasteiger partial charge on any atom is -0.357 e. The summed E-state index contributed by atoms with van der Waals surface area (Å²) in [5.41, 5.74) is 0. The molecule has 2 atom stereocenters. The van der Waals surface area contributed by atoms with Gasteiger partial charge in [0.25, 0.3) is 0 Å². The number of nitrogens with zero attached hydrogens (tertiary/aromatic N) is 3. The maximum atomic E-state index is 12.7. The molecule has 3 rings (SSSR count). The molecule has 0 aromatic carbocycles. The largest absolute Gasteiger partial charge is 0.357 e. The van der Waals surface area contributed by atoms with Crippen molar-refractivity contribution >= 4 is 11.9 Å². The maximum Gasteiger partial charge on any atom is 0.225 e. The van der Waals surface area contributed by atoms with Crippen molar-refractivity contribution < 1.29 is 4.79 Å². The Morgan fingerprint density at radius 1 is 1.07 bits per heavy atom. The van der Waals surface area contributed by atoms with E-state index in [0.29, 0.717) is 17.9 Å². The lowest BCUT2D eigenvalue weighted by Crippen LogP contribution is -2.46. The number of hydrogen-bond acceptors (Lipinski definition) is 3. The van der Waals surface area contributed by atoms with E-state index in [9.17, 15) is 4.79 Å². The van der Waals surface area contributed by atoms with Crippen LogP contribution in [0.15, 0.2) is 4.99 Å². The van der Waals surface area contributed by atoms with Crippen molar-refractivity contribution in [2.24, 2.45) is 22.7 Å². The summed E-state index contributed by atoms with van der Waals surface area (Å²) in [4.78, 5) is 22.3. The van der Waals surface area contributed by atoms with Crippen LogP contribution in [0.1, 0.15) is 65.7 Å². The normalized spacial score (nSPS) is 27.0. The standard InChI is InChI=1S/C23H43N5O/c1-4-24-23(25-14-19-8-7-12-27(16-19)15-18(2)3)26-21-11-13-28(17-21)22(29)20-9-5-6-10-20/h18-21H,4-17H2,1-3H3,(H2,24,25,26). The summed E-state index contributed by atoms with van der Waals surface area (Å²) < 4.78 is 0. The highest BCUT2D eigenvalue weighted by atomic mass is 16.2. The van der Waals surface area contributed by atoms with Crippen molar-refractivity contribution in [1.29, 1.82) is 0 Å². The van der Waals surface area contributed by atoms with Gasteiger partial charge < -0.3 is 20.4 Å². The molecule has 2 unspecified atom stereocenters. The van der Waals surface area contributed by atoms with Crippen LogP contribution in [0.5, 0.6) is 0 Å². The minimum atomic E-state index is 0.288. The molecule has 1 saturated carbocycles. The predicted molar refractivity (Wildman–Crippen MR) is 120 cm³/mol. The molecule has 2 saturated heterocycles. The molecule has 0 radical (unpaired) electrons. The Labute approximate surface area is 177 Å². The molecular weight excluding hydrogens is 362 g/mol. The van der Waals surface area contributed by atoms with E-state index in [0.717, 1.165) is 57.3 Å². The van der Waals surface area contributed by atoms with Crippen LogP contribution in [0, 0.1) is 17.8 Å². The molecule has 0 spiro atoms. The van der Waals surface area contributed by atoms with Crippen LogP contribution in [0.4, 0.5) is 0 Å². The van der Waals surface area contributed by atoms with E-state index in [2.05, 4.69) is 41.2 Å². The van der Waals surface area contributed by atoms with E-state index in [4.69, 9.17) is 4.99 Å². The number of guanidine groups is 1. The second-order valence-electron chi connectivity index (χ2n) is 9.78. The van der Waals surface area contributed by atoms with Crippen LogP contribution in [-0.4, -0.2) is 73.5 Å². The molecule has 3 fully saturated rings. The Kier molecular flexibility index (Phi) is 8.64. The van der Waals surface area contributed by atoms with Crippen LogP contribution < -0.4 is 10.6 Å². The number of rotatable bonds is 7. The number of carbonyl (C=O) groups excluding carboxylic acids is 1. The molecule has 6 heteroatoms. The highest BCUT2D eigenvalue weighted by molar-refractivity contribution is 5.81. The zero-order chi connectivity index (χ0) is 20.6. The van der Waals surface area contributed by atoms with Gasteiger partial charge in [-0.15, -0.1) is 0 Å². The lowest BCUT2D eigenvalue weighted by Gasteiger charge is -2.33. The van der Waals surface area contributed by atoms with E-state index in [1.54, 1.807) is 0 Å². The Hall–Kier alpha value is -1.30. The van der Waals surface area contributed by atoms with Crippen molar-refractivity contribution in [2.45, 2.75) is 71.8 Å². The second-order valence-corrected chi connectivity index (χ2v) is 9.78. The Balaban J connectivity index is 1.47. The van der Waals surface area contributed by atoms with Gasteiger partial charge in [0.2, 0.25) is 5.91 Å². The first-order chi connectivity index (χ1) is 14.0. The van der Waals surface area contributed by atoms with E-state index in [1.165, 1.54) is 45.3 Å². The molecule has 1 amide bonds. The highest BCUT2D eigenvalue weighted by Gasteiger charge is 2.32. The van der Waals surface area contributed by atoms with Gasteiger partial charge in [0, 0.05) is 51.2 Å².